The van der Waals surface area contributed by atoms with Crippen LogP contribution in [-0.2, 0) is 4.74 Å². The van der Waals surface area contributed by atoms with Crippen LogP contribution >= 0.6 is 12.2 Å². The predicted octanol–water partition coefficient (Wildman–Crippen LogP) is 2.08. The van der Waals surface area contributed by atoms with Gasteiger partial charge in [0.05, 0.1) is 6.61 Å². The molecule has 0 spiro atoms. The minimum Gasteiger partial charge on any atom is -0.475 e. The number of pyridine rings is 1. The monoisotopic (exact) mass is 268 g/mol. The molecule has 0 aliphatic heterocycles. The van der Waals surface area contributed by atoms with Crippen molar-refractivity contribution in [3.05, 3.63) is 23.4 Å². The topological polar surface area (TPSA) is 57.4 Å². The molecule has 2 N–H and O–H groups in total. The average molecular weight is 268 g/mol. The molecule has 0 saturated heterocycles. The lowest BCUT2D eigenvalue weighted by molar-refractivity contribution is 0.0806. The van der Waals surface area contributed by atoms with Gasteiger partial charge >= 0.3 is 0 Å². The summed E-state index contributed by atoms with van der Waals surface area (Å²) in [4.78, 5) is 4.60. The Morgan fingerprint density at radius 1 is 1.39 bits per heavy atom. The first-order valence-electron chi connectivity index (χ1n) is 5.98. The van der Waals surface area contributed by atoms with Crippen molar-refractivity contribution in [3.8, 4) is 5.88 Å². The molecule has 0 atom stereocenters. The molecule has 1 aromatic rings. The Morgan fingerprint density at radius 3 is 2.72 bits per heavy atom. The van der Waals surface area contributed by atoms with Crippen molar-refractivity contribution in [1.82, 2.24) is 4.98 Å². The van der Waals surface area contributed by atoms with Gasteiger partial charge in [0.1, 0.15) is 11.6 Å². The summed E-state index contributed by atoms with van der Waals surface area (Å²) in [7, 11) is 0. The SMILES string of the molecule is Cc1cc(C(N)=S)cc(OCCOCC(C)C)n1. The summed E-state index contributed by atoms with van der Waals surface area (Å²) in [6, 6.07) is 3.59. The first-order chi connectivity index (χ1) is 8.49. The van der Waals surface area contributed by atoms with Crippen LogP contribution in [0.4, 0.5) is 0 Å². The van der Waals surface area contributed by atoms with Crippen LogP contribution in [0, 0.1) is 12.8 Å². The van der Waals surface area contributed by atoms with E-state index in [0.29, 0.717) is 30.0 Å². The van der Waals surface area contributed by atoms with Gasteiger partial charge in [0, 0.05) is 23.9 Å². The predicted molar refractivity (Wildman–Crippen MR) is 76.0 cm³/mol. The standard InChI is InChI=1S/C13H20N2O2S/c1-9(2)8-16-4-5-17-12-7-11(13(14)18)6-10(3)15-12/h6-7,9H,4-5,8H2,1-3H3,(H2,14,18). The average Bonchev–Trinajstić information content (AvgIpc) is 2.27. The molecule has 0 saturated carbocycles. The first kappa shape index (κ1) is 14.9. The zero-order valence-corrected chi connectivity index (χ0v) is 11.9. The van der Waals surface area contributed by atoms with Crippen molar-refractivity contribution in [2.24, 2.45) is 11.7 Å². The molecule has 5 heteroatoms. The smallest absolute Gasteiger partial charge is 0.214 e. The fourth-order valence-corrected chi connectivity index (χ4v) is 1.50. The van der Waals surface area contributed by atoms with Crippen LogP contribution in [0.2, 0.25) is 0 Å². The van der Waals surface area contributed by atoms with Crippen LogP contribution in [0.15, 0.2) is 12.1 Å². The number of hydrogen-bond donors (Lipinski definition) is 1. The van der Waals surface area contributed by atoms with Crippen molar-refractivity contribution in [2.45, 2.75) is 20.8 Å². The summed E-state index contributed by atoms with van der Waals surface area (Å²) in [6.45, 7) is 7.86. The van der Waals surface area contributed by atoms with Crippen molar-refractivity contribution in [2.75, 3.05) is 19.8 Å². The van der Waals surface area contributed by atoms with E-state index in [1.54, 1.807) is 6.07 Å². The van der Waals surface area contributed by atoms with Crippen LogP contribution < -0.4 is 10.5 Å². The number of nitrogens with two attached hydrogens (primary N) is 1. The zero-order chi connectivity index (χ0) is 13.5. The van der Waals surface area contributed by atoms with Crippen molar-refractivity contribution >= 4 is 17.2 Å². The first-order valence-corrected chi connectivity index (χ1v) is 6.39. The highest BCUT2D eigenvalue weighted by Crippen LogP contribution is 2.12. The van der Waals surface area contributed by atoms with Gasteiger partial charge in [-0.3, -0.25) is 0 Å². The van der Waals surface area contributed by atoms with Gasteiger partial charge in [-0.05, 0) is 18.9 Å². The van der Waals surface area contributed by atoms with E-state index in [0.717, 1.165) is 17.9 Å². The van der Waals surface area contributed by atoms with Crippen molar-refractivity contribution < 1.29 is 9.47 Å². The number of ether oxygens (including phenoxy) is 2. The lowest BCUT2D eigenvalue weighted by Gasteiger charge is -2.09. The highest BCUT2D eigenvalue weighted by atomic mass is 32.1. The summed E-state index contributed by atoms with van der Waals surface area (Å²) in [6.07, 6.45) is 0. The fourth-order valence-electron chi connectivity index (χ4n) is 1.38. The van der Waals surface area contributed by atoms with E-state index >= 15 is 0 Å². The highest BCUT2D eigenvalue weighted by molar-refractivity contribution is 7.80. The summed E-state index contributed by atoms with van der Waals surface area (Å²) >= 11 is 4.93. The Bertz CT molecular complexity index is 408. The van der Waals surface area contributed by atoms with Crippen LogP contribution in [0.3, 0.4) is 0 Å². The second kappa shape index (κ2) is 7.28. The third-order valence-electron chi connectivity index (χ3n) is 2.14. The summed E-state index contributed by atoms with van der Waals surface area (Å²) in [5.74, 6) is 1.06. The van der Waals surface area contributed by atoms with Gasteiger partial charge < -0.3 is 15.2 Å². The number of thiocarbonyl (C=S) groups is 1. The number of hydrogen-bond acceptors (Lipinski definition) is 4. The van der Waals surface area contributed by atoms with Crippen LogP contribution in [0.1, 0.15) is 25.1 Å². The molecule has 1 rings (SSSR count). The second-order valence-electron chi connectivity index (χ2n) is 4.52. The zero-order valence-electron chi connectivity index (χ0n) is 11.1. The van der Waals surface area contributed by atoms with Gasteiger partial charge in [-0.25, -0.2) is 4.98 Å². The maximum absolute atomic E-state index is 5.58. The third kappa shape index (κ3) is 5.42. The quantitative estimate of drug-likeness (QED) is 0.606. The van der Waals surface area contributed by atoms with E-state index < -0.39 is 0 Å². The molecule has 1 aromatic heterocycles. The third-order valence-corrected chi connectivity index (χ3v) is 2.38. The number of aryl methyl sites for hydroxylation is 1. The van der Waals surface area contributed by atoms with Gasteiger partial charge in [-0.2, -0.15) is 0 Å². The molecular weight excluding hydrogens is 248 g/mol. The Kier molecular flexibility index (Phi) is 6.01. The van der Waals surface area contributed by atoms with Gasteiger partial charge in [-0.1, -0.05) is 26.1 Å². The summed E-state index contributed by atoms with van der Waals surface area (Å²) in [5.41, 5.74) is 7.19. The lowest BCUT2D eigenvalue weighted by Crippen LogP contribution is -2.13. The van der Waals surface area contributed by atoms with Gasteiger partial charge in [0.2, 0.25) is 5.88 Å². The molecule has 0 unspecified atom stereocenters. The molecule has 0 amide bonds. The summed E-state index contributed by atoms with van der Waals surface area (Å²) < 4.78 is 10.9. The van der Waals surface area contributed by atoms with Crippen LogP contribution in [-0.4, -0.2) is 29.8 Å². The van der Waals surface area contributed by atoms with E-state index in [9.17, 15) is 0 Å². The molecular formula is C13H20N2O2S. The van der Waals surface area contributed by atoms with Crippen molar-refractivity contribution in [3.63, 3.8) is 0 Å². The van der Waals surface area contributed by atoms with Gasteiger partial charge in [0.25, 0.3) is 0 Å². The van der Waals surface area contributed by atoms with E-state index in [-0.39, 0.29) is 0 Å². The molecule has 4 nitrogen and oxygen atoms in total. The molecule has 1 heterocycles. The van der Waals surface area contributed by atoms with Crippen LogP contribution in [0.5, 0.6) is 5.88 Å². The molecule has 18 heavy (non-hydrogen) atoms. The molecule has 0 aliphatic rings. The Hall–Kier alpha value is -1.20. The van der Waals surface area contributed by atoms with Crippen molar-refractivity contribution in [1.29, 1.82) is 0 Å². The van der Waals surface area contributed by atoms with E-state index in [1.165, 1.54) is 0 Å². The van der Waals surface area contributed by atoms with E-state index in [1.807, 2.05) is 13.0 Å². The minimum absolute atomic E-state index is 0.349. The van der Waals surface area contributed by atoms with E-state index in [2.05, 4.69) is 18.8 Å². The molecule has 100 valence electrons. The second-order valence-corrected chi connectivity index (χ2v) is 4.96. The maximum Gasteiger partial charge on any atom is 0.214 e. The minimum atomic E-state index is 0.349. The summed E-state index contributed by atoms with van der Waals surface area (Å²) in [5, 5.41) is 0. The Morgan fingerprint density at radius 2 is 2.11 bits per heavy atom. The number of rotatable bonds is 7. The van der Waals surface area contributed by atoms with E-state index in [4.69, 9.17) is 27.4 Å². The van der Waals surface area contributed by atoms with Gasteiger partial charge in [0.15, 0.2) is 0 Å². The normalized spacial score (nSPS) is 10.7. The number of nitrogens with zero attached hydrogens (tertiary/aromatic N) is 1. The Labute approximate surface area is 113 Å². The van der Waals surface area contributed by atoms with Gasteiger partial charge in [-0.15, -0.1) is 0 Å². The van der Waals surface area contributed by atoms with Crippen LogP contribution in [0.25, 0.3) is 0 Å². The lowest BCUT2D eigenvalue weighted by atomic mass is 10.2. The largest absolute Gasteiger partial charge is 0.475 e. The molecule has 0 fully saturated rings. The fraction of sp³-hybridized carbons (Fsp3) is 0.538. The number of aromatic nitrogens is 1. The highest BCUT2D eigenvalue weighted by Gasteiger charge is 2.03. The molecule has 0 aromatic carbocycles. The Balaban J connectivity index is 2.44. The molecule has 0 bridgehead atoms. The maximum atomic E-state index is 5.58. The molecule has 0 radical (unpaired) electrons. The molecule has 0 aliphatic carbocycles.